The molecular weight excluding hydrogens is 585 g/mol. The van der Waals surface area contributed by atoms with E-state index in [-0.39, 0.29) is 11.5 Å². The van der Waals surface area contributed by atoms with E-state index in [0.717, 1.165) is 55.6 Å². The summed E-state index contributed by atoms with van der Waals surface area (Å²) < 4.78 is 0. The quantitative estimate of drug-likeness (QED) is 0.199. The Hall–Kier alpha value is -4.56. The minimum Gasteiger partial charge on any atom is -0.507 e. The monoisotopic (exact) mass is 630 g/mol. The molecule has 2 heteroatoms. The van der Waals surface area contributed by atoms with Gasteiger partial charge in [0, 0.05) is 11.1 Å². The van der Waals surface area contributed by atoms with E-state index >= 15 is 0 Å². The normalized spacial score (nSPS) is 21.5. The summed E-state index contributed by atoms with van der Waals surface area (Å²) in [5.74, 6) is 3.35. The Morgan fingerprint density at radius 2 is 0.729 bits per heavy atom. The van der Waals surface area contributed by atoms with Crippen molar-refractivity contribution in [2.24, 2.45) is 11.8 Å². The summed E-state index contributed by atoms with van der Waals surface area (Å²) in [5, 5.41) is 26.8. The highest BCUT2D eigenvalue weighted by Crippen LogP contribution is 2.46. The average molecular weight is 631 g/mol. The van der Waals surface area contributed by atoms with Crippen LogP contribution in [0.15, 0.2) is 109 Å². The fourth-order valence-corrected chi connectivity index (χ4v) is 8.58. The average Bonchev–Trinajstić information content (AvgIpc) is 3.12. The summed E-state index contributed by atoms with van der Waals surface area (Å²) >= 11 is 0. The lowest BCUT2D eigenvalue weighted by Gasteiger charge is -2.26. The fraction of sp³-hybridized carbons (Fsp3) is 0.304. The molecule has 8 rings (SSSR count). The van der Waals surface area contributed by atoms with Crippen LogP contribution in [0.5, 0.6) is 11.5 Å². The zero-order valence-electron chi connectivity index (χ0n) is 28.3. The van der Waals surface area contributed by atoms with E-state index in [1.54, 1.807) is 12.1 Å². The molecule has 0 amide bonds. The molecular formula is C46H46O2. The molecule has 2 nitrogen and oxygen atoms in total. The second-order valence-electron chi connectivity index (χ2n) is 14.9. The Labute approximate surface area is 285 Å². The van der Waals surface area contributed by atoms with Gasteiger partial charge in [0.15, 0.2) is 0 Å². The second-order valence-corrected chi connectivity index (χ2v) is 14.9. The molecule has 0 aromatic heterocycles. The smallest absolute Gasteiger partial charge is 0.124 e. The first kappa shape index (κ1) is 30.8. The van der Waals surface area contributed by atoms with Crippen LogP contribution in [0.3, 0.4) is 0 Å². The Balaban J connectivity index is 1.17. The van der Waals surface area contributed by atoms with Crippen molar-refractivity contribution in [1.29, 1.82) is 0 Å². The van der Waals surface area contributed by atoms with E-state index in [0.29, 0.717) is 23.0 Å². The van der Waals surface area contributed by atoms with Crippen LogP contribution in [0.25, 0.3) is 54.9 Å². The number of fused-ring (bicyclic) bond motifs is 2. The summed E-state index contributed by atoms with van der Waals surface area (Å²) in [6, 6.07) is 38.6. The summed E-state index contributed by atoms with van der Waals surface area (Å²) in [6.07, 6.45) is 10.4. The number of hydrogen-bond donors (Lipinski definition) is 2. The van der Waals surface area contributed by atoms with Crippen molar-refractivity contribution in [3.8, 4) is 44.9 Å². The van der Waals surface area contributed by atoms with Crippen LogP contribution < -0.4 is 0 Å². The molecule has 0 unspecified atom stereocenters. The van der Waals surface area contributed by atoms with Gasteiger partial charge in [0.2, 0.25) is 0 Å². The molecule has 0 radical (unpaired) electrons. The van der Waals surface area contributed by atoms with E-state index in [2.05, 4.69) is 98.8 Å². The topological polar surface area (TPSA) is 40.5 Å². The van der Waals surface area contributed by atoms with Gasteiger partial charge in [-0.25, -0.2) is 0 Å². The van der Waals surface area contributed by atoms with Gasteiger partial charge in [0.05, 0.1) is 0 Å². The molecule has 2 aliphatic carbocycles. The third kappa shape index (κ3) is 5.87. The van der Waals surface area contributed by atoms with Gasteiger partial charge in [-0.3, -0.25) is 0 Å². The Bertz CT molecular complexity index is 1920. The zero-order chi connectivity index (χ0) is 32.8. The van der Waals surface area contributed by atoms with Crippen LogP contribution in [0.4, 0.5) is 0 Å². The molecule has 2 fully saturated rings. The van der Waals surface area contributed by atoms with Crippen molar-refractivity contribution in [2.45, 2.75) is 77.0 Å². The predicted molar refractivity (Wildman–Crippen MR) is 202 cm³/mol. The van der Waals surface area contributed by atoms with Crippen LogP contribution in [0.1, 0.15) is 88.2 Å². The van der Waals surface area contributed by atoms with E-state index in [1.807, 2.05) is 12.1 Å². The maximum absolute atomic E-state index is 11.5. The minimum atomic E-state index is 0.167. The molecule has 2 aliphatic rings. The molecule has 0 bridgehead atoms. The highest BCUT2D eigenvalue weighted by molar-refractivity contribution is 6.11. The SMILES string of the molecule is CC1CCC(c2ccc(-c3ccc4ccc(O)c(-c5c(O)ccc6ccc(-c7ccc(C8CCC(C)CC8)cc7)cc56)c4c3)cc2)CC1. The lowest BCUT2D eigenvalue weighted by atomic mass is 9.79. The molecule has 0 aliphatic heterocycles. The highest BCUT2D eigenvalue weighted by atomic mass is 16.3. The molecule has 0 spiro atoms. The Morgan fingerprint density at radius 3 is 1.10 bits per heavy atom. The van der Waals surface area contributed by atoms with Crippen LogP contribution in [0, 0.1) is 11.8 Å². The lowest BCUT2D eigenvalue weighted by molar-refractivity contribution is 0.348. The predicted octanol–water partition coefficient (Wildman–Crippen LogP) is 13.0. The maximum atomic E-state index is 11.5. The summed E-state index contributed by atoms with van der Waals surface area (Å²) in [7, 11) is 0. The molecule has 2 saturated carbocycles. The largest absolute Gasteiger partial charge is 0.507 e. The Kier molecular flexibility index (Phi) is 8.20. The van der Waals surface area contributed by atoms with E-state index in [4.69, 9.17) is 0 Å². The third-order valence-electron chi connectivity index (χ3n) is 11.7. The molecule has 6 aromatic rings. The number of aromatic hydroxyl groups is 2. The molecule has 0 saturated heterocycles. The van der Waals surface area contributed by atoms with Gasteiger partial charge in [-0.15, -0.1) is 0 Å². The van der Waals surface area contributed by atoms with Gasteiger partial charge >= 0.3 is 0 Å². The van der Waals surface area contributed by atoms with Crippen molar-refractivity contribution in [3.63, 3.8) is 0 Å². The molecule has 6 aromatic carbocycles. The van der Waals surface area contributed by atoms with Crippen LogP contribution in [-0.2, 0) is 0 Å². The van der Waals surface area contributed by atoms with E-state index in [9.17, 15) is 10.2 Å². The van der Waals surface area contributed by atoms with Crippen LogP contribution >= 0.6 is 0 Å². The van der Waals surface area contributed by atoms with Gasteiger partial charge in [0.1, 0.15) is 11.5 Å². The fourth-order valence-electron chi connectivity index (χ4n) is 8.58. The van der Waals surface area contributed by atoms with Gasteiger partial charge < -0.3 is 10.2 Å². The van der Waals surface area contributed by atoms with Crippen molar-refractivity contribution >= 4 is 21.5 Å². The lowest BCUT2D eigenvalue weighted by Crippen LogP contribution is -2.10. The van der Waals surface area contributed by atoms with E-state index in [1.165, 1.54) is 62.5 Å². The summed E-state index contributed by atoms with van der Waals surface area (Å²) in [5.41, 5.74) is 8.76. The number of benzene rings is 6. The third-order valence-corrected chi connectivity index (χ3v) is 11.7. The molecule has 0 atom stereocenters. The summed E-state index contributed by atoms with van der Waals surface area (Å²) in [6.45, 7) is 4.75. The number of rotatable bonds is 5. The zero-order valence-corrected chi connectivity index (χ0v) is 28.3. The van der Waals surface area contributed by atoms with Crippen LogP contribution in [0.2, 0.25) is 0 Å². The molecule has 2 N–H and O–H groups in total. The van der Waals surface area contributed by atoms with Gasteiger partial charge in [-0.05, 0) is 129 Å². The maximum Gasteiger partial charge on any atom is 0.124 e. The summed E-state index contributed by atoms with van der Waals surface area (Å²) in [4.78, 5) is 0. The van der Waals surface area contributed by atoms with Crippen molar-refractivity contribution in [3.05, 3.63) is 120 Å². The number of phenolic OH excluding ortho intramolecular Hbond substituents is 2. The highest BCUT2D eigenvalue weighted by Gasteiger charge is 2.22. The van der Waals surface area contributed by atoms with Gasteiger partial charge in [-0.2, -0.15) is 0 Å². The second kappa shape index (κ2) is 12.8. The van der Waals surface area contributed by atoms with Crippen molar-refractivity contribution in [2.75, 3.05) is 0 Å². The first-order valence-electron chi connectivity index (χ1n) is 18.1. The van der Waals surface area contributed by atoms with Crippen LogP contribution in [-0.4, -0.2) is 10.2 Å². The Morgan fingerprint density at radius 1 is 0.396 bits per heavy atom. The standard InChI is InChI=1S/C46H46O2/c1-29-3-7-31(8-4-29)33-11-15-35(16-12-33)39-21-19-37-23-25-43(47)45(41(37)27-39)46-42-28-40(22-20-38(42)24-26-44(46)48)36-17-13-34(14-18-36)32-9-5-30(2)6-10-32/h11-32,47-48H,3-10H2,1-2H3. The first-order chi connectivity index (χ1) is 23.4. The van der Waals surface area contributed by atoms with Crippen molar-refractivity contribution in [1.82, 2.24) is 0 Å². The molecule has 48 heavy (non-hydrogen) atoms. The molecule has 0 heterocycles. The number of phenols is 2. The minimum absolute atomic E-state index is 0.167. The molecule has 242 valence electrons. The number of hydrogen-bond acceptors (Lipinski definition) is 2. The van der Waals surface area contributed by atoms with Gasteiger partial charge in [0.25, 0.3) is 0 Å². The van der Waals surface area contributed by atoms with E-state index < -0.39 is 0 Å². The van der Waals surface area contributed by atoms with Crippen molar-refractivity contribution < 1.29 is 10.2 Å². The van der Waals surface area contributed by atoms with Gasteiger partial charge in [-0.1, -0.05) is 124 Å². The first-order valence-corrected chi connectivity index (χ1v) is 18.1.